The van der Waals surface area contributed by atoms with Crippen LogP contribution in [-0.4, -0.2) is 46.9 Å². The first-order valence-electron chi connectivity index (χ1n) is 29.3. The molecule has 2 radical (unpaired) electrons. The Morgan fingerprint density at radius 1 is 0.317 bits per heavy atom. The molecule has 0 N–H and O–H groups in total. The Kier molecular flexibility index (Phi) is 36.9. The van der Waals surface area contributed by atoms with E-state index in [0.717, 1.165) is 22.6 Å². The van der Waals surface area contributed by atoms with Gasteiger partial charge in [0.1, 0.15) is 0 Å². The molecule has 4 aromatic carbocycles. The van der Waals surface area contributed by atoms with Crippen molar-refractivity contribution in [2.24, 2.45) is 0 Å². The fourth-order valence-electron chi connectivity index (χ4n) is 12.1. The maximum atomic E-state index is 9.75. The van der Waals surface area contributed by atoms with Gasteiger partial charge in [0.15, 0.2) is 11.8 Å². The van der Waals surface area contributed by atoms with Crippen LogP contribution in [-0.2, 0) is 39.0 Å². The summed E-state index contributed by atoms with van der Waals surface area (Å²) in [5.41, 5.74) is 9.67. The molecular weight excluding hydrogens is 1300 g/mol. The van der Waals surface area contributed by atoms with Crippen LogP contribution in [0.2, 0.25) is 0 Å². The fraction of sp³-hybridized carbons (Fsp3) is 0.515. The van der Waals surface area contributed by atoms with Crippen LogP contribution in [0.15, 0.2) is 170 Å². The summed E-state index contributed by atoms with van der Waals surface area (Å²) in [5.74, 6) is 3.03. The minimum atomic E-state index is -6.00. The number of allylic oxidation sites excluding steroid dienone is 8. The third-order valence-corrected chi connectivity index (χ3v) is 34.5. The Bertz CT molecular complexity index is 2040. The molecule has 2 saturated heterocycles. The second-order valence-corrected chi connectivity index (χ2v) is 41.5. The quantitative estimate of drug-likeness (QED) is 0.0714. The van der Waals surface area contributed by atoms with Crippen LogP contribution in [0.3, 0.4) is 0 Å². The average Bonchev–Trinajstić information content (AvgIpc) is 3.96. The number of benzene rings is 4. The van der Waals surface area contributed by atoms with Crippen molar-refractivity contribution in [3.63, 3.8) is 0 Å². The van der Waals surface area contributed by atoms with Crippen LogP contribution in [0.5, 0.6) is 0 Å². The minimum Gasteiger partial charge on any atom is -0.418 e. The van der Waals surface area contributed by atoms with Gasteiger partial charge in [-0.15, -0.1) is 0 Å². The minimum absolute atomic E-state index is 0. The second kappa shape index (κ2) is 38.6. The summed E-state index contributed by atoms with van der Waals surface area (Å²) < 4.78 is 78.0. The molecule has 0 amide bonds. The summed E-state index contributed by atoms with van der Waals surface area (Å²) in [6, 6.07) is 45.7. The molecule has 0 spiro atoms. The number of hydrogen-bond acceptors (Lipinski definition) is 0. The van der Waals surface area contributed by atoms with E-state index in [0.29, 0.717) is 20.6 Å². The molecule has 16 heteroatoms. The fourth-order valence-corrected chi connectivity index (χ4v) is 37.9. The zero-order valence-corrected chi connectivity index (χ0v) is 58.5. The summed E-state index contributed by atoms with van der Waals surface area (Å²) in [4.78, 5) is 0. The van der Waals surface area contributed by atoms with Gasteiger partial charge in [-0.05, 0) is 182 Å². The predicted octanol–water partition coefficient (Wildman–Crippen LogP) is 24.4. The van der Waals surface area contributed by atoms with Crippen LogP contribution in [0, 0.1) is 0 Å². The Balaban J connectivity index is 0.000000564. The Morgan fingerprint density at radius 2 is 0.463 bits per heavy atom. The predicted molar refractivity (Wildman–Crippen MR) is 351 cm³/mol. The number of halogens is 8. The molecule has 0 nitrogen and oxygen atoms in total. The Morgan fingerprint density at radius 3 is 0.598 bits per heavy atom. The zero-order valence-electron chi connectivity index (χ0n) is 51.2. The van der Waals surface area contributed by atoms with Gasteiger partial charge in [0.25, 0.3) is 0 Å². The molecule has 8 rings (SSSR count). The van der Waals surface area contributed by atoms with Gasteiger partial charge >= 0.3 is 14.5 Å². The molecule has 2 aliphatic carbocycles. The summed E-state index contributed by atoms with van der Waals surface area (Å²) in [6.45, 7) is 30.0. The summed E-state index contributed by atoms with van der Waals surface area (Å²) >= 11 is 0. The zero-order chi connectivity index (χ0) is 59.6. The van der Waals surface area contributed by atoms with Crippen LogP contribution in [0.4, 0.5) is 34.5 Å². The van der Waals surface area contributed by atoms with E-state index in [1.54, 1.807) is 22.3 Å². The third kappa shape index (κ3) is 32.4. The molecule has 4 aliphatic rings. The van der Waals surface area contributed by atoms with E-state index in [1.807, 2.05) is 0 Å². The molecule has 462 valence electrons. The van der Waals surface area contributed by atoms with Crippen molar-refractivity contribution >= 4 is 46.2 Å². The molecule has 82 heavy (non-hydrogen) atoms. The normalized spacial score (nSPS) is 21.2. The van der Waals surface area contributed by atoms with Crippen LogP contribution < -0.4 is 0 Å². The number of hydrogen-bond donors (Lipinski definition) is 0. The molecule has 4 atom stereocenters. The summed E-state index contributed by atoms with van der Waals surface area (Å²) in [7, 11) is -14.0. The van der Waals surface area contributed by atoms with Gasteiger partial charge < -0.3 is 34.5 Å². The molecule has 2 heterocycles. The van der Waals surface area contributed by atoms with Gasteiger partial charge in [0.05, 0.1) is 59.1 Å². The van der Waals surface area contributed by atoms with Gasteiger partial charge in [-0.2, -0.15) is 0 Å². The van der Waals surface area contributed by atoms with E-state index < -0.39 is 46.2 Å². The van der Waals surface area contributed by atoms with Crippen molar-refractivity contribution in [1.82, 2.24) is 0 Å². The summed E-state index contributed by atoms with van der Waals surface area (Å²) in [6.07, 6.45) is 33.5. The van der Waals surface area contributed by atoms with Gasteiger partial charge in [0.2, 0.25) is 0 Å². The standard InChI is InChI=1S/2C25H36P2.2C8H12.2BF4.2Rh/c2*1-24(2,3)27(25(4,5)6)19-26-22(20-13-9-7-10-14-20)17-18-23(26)21-15-11-8-12-16-21;2*1-2-4-6-8-7-5-3-1;2*2-1(3,4)5;;/h2*7-16,22-23H,17-19H2,1-6H3;2*1-2,7-8H,3-6H2;;;;/q;;;;2*-1;;/p+4/b;;2*2-1-,8-7-;;;;/t2*22-,23-;;;;;;/m11....../s1. The summed E-state index contributed by atoms with van der Waals surface area (Å²) in [5, 5.41) is 1.80. The SMILES string of the molecule is C1=C\CC/C=C\CC/1.C1=C\CC/C=C\CC/1.CC(C)(C)[PH+](C[PH+]1[C@@H](c2ccccc2)CC[C@@H]1c1ccccc1)C(C)(C)C.CC(C)(C)[PH+](C[PH+]1[C@@H](c2ccccc2)CC[C@@H]1c1ccccc1)C(C)(C)C.F[B-](F)(F)F.F[B-](F)(F)F.[Rh].[Rh]. The van der Waals surface area contributed by atoms with E-state index in [1.165, 1.54) is 88.9 Å². The first-order chi connectivity index (χ1) is 37.4. The Labute approximate surface area is 523 Å². The average molecular weight is 1400 g/mol. The van der Waals surface area contributed by atoms with Crippen molar-refractivity contribution in [2.75, 3.05) is 11.8 Å². The van der Waals surface area contributed by atoms with Crippen molar-refractivity contribution in [1.29, 1.82) is 0 Å². The van der Waals surface area contributed by atoms with E-state index in [-0.39, 0.29) is 39.0 Å². The molecule has 0 aromatic heterocycles. The second-order valence-electron chi connectivity index (χ2n) is 25.7. The van der Waals surface area contributed by atoms with Crippen LogP contribution >= 0.6 is 31.7 Å². The molecule has 2 fully saturated rings. The van der Waals surface area contributed by atoms with E-state index in [9.17, 15) is 34.5 Å². The largest absolute Gasteiger partial charge is 0.673 e. The van der Waals surface area contributed by atoms with Crippen LogP contribution in [0.1, 0.15) is 205 Å². The van der Waals surface area contributed by atoms with Crippen molar-refractivity contribution in [3.05, 3.63) is 192 Å². The van der Waals surface area contributed by atoms with Gasteiger partial charge in [-0.1, -0.05) is 170 Å². The van der Waals surface area contributed by atoms with Gasteiger partial charge in [-0.25, -0.2) is 0 Å². The molecule has 0 bridgehead atoms. The van der Waals surface area contributed by atoms with Crippen molar-refractivity contribution in [3.8, 4) is 0 Å². The molecule has 0 saturated carbocycles. The van der Waals surface area contributed by atoms with Crippen LogP contribution in [0.25, 0.3) is 0 Å². The van der Waals surface area contributed by atoms with Crippen molar-refractivity contribution in [2.45, 2.75) is 203 Å². The topological polar surface area (TPSA) is 0 Å². The third-order valence-electron chi connectivity index (χ3n) is 15.1. The van der Waals surface area contributed by atoms with E-state index in [2.05, 4.69) is 253 Å². The van der Waals surface area contributed by atoms with E-state index >= 15 is 0 Å². The monoisotopic (exact) mass is 1400 g/mol. The van der Waals surface area contributed by atoms with E-state index in [4.69, 9.17) is 0 Å². The maximum absolute atomic E-state index is 9.75. The molecular formula is C66H100B2F8P4Rh2+2. The van der Waals surface area contributed by atoms with Gasteiger partial charge in [-0.3, -0.25) is 0 Å². The molecule has 0 unspecified atom stereocenters. The first-order valence-corrected chi connectivity index (χ1v) is 36.5. The Hall–Kier alpha value is -1.62. The molecule has 2 aliphatic heterocycles. The van der Waals surface area contributed by atoms with Gasteiger partial charge in [0, 0.05) is 54.8 Å². The molecule has 4 aromatic rings. The number of rotatable bonds is 8. The first kappa shape index (κ1) is 78.4. The smallest absolute Gasteiger partial charge is 0.418 e. The maximum Gasteiger partial charge on any atom is 0.673 e. The van der Waals surface area contributed by atoms with Crippen molar-refractivity contribution < 1.29 is 73.5 Å².